The van der Waals surface area contributed by atoms with Crippen LogP contribution in [0.4, 0.5) is 0 Å². The largest absolute Gasteiger partial charge is 0.391 e. The Hall–Kier alpha value is -0.0800. The predicted octanol–water partition coefficient (Wildman–Crippen LogP) is 2.21. The van der Waals surface area contributed by atoms with Crippen molar-refractivity contribution in [2.24, 2.45) is 5.92 Å². The summed E-state index contributed by atoms with van der Waals surface area (Å²) in [6.07, 6.45) is 1.91. The van der Waals surface area contributed by atoms with Crippen LogP contribution in [-0.4, -0.2) is 23.9 Å². The Balaban J connectivity index is 3.20. The third-order valence-corrected chi connectivity index (χ3v) is 1.99. The van der Waals surface area contributed by atoms with Gasteiger partial charge >= 0.3 is 0 Å². The fourth-order valence-electron chi connectivity index (χ4n) is 0.900. The molecular weight excluding hydrogens is 152 g/mol. The van der Waals surface area contributed by atoms with E-state index in [1.54, 1.807) is 6.92 Å². The van der Waals surface area contributed by atoms with E-state index in [1.165, 1.54) is 6.42 Å². The van der Waals surface area contributed by atoms with Gasteiger partial charge in [0.25, 0.3) is 0 Å². The van der Waals surface area contributed by atoms with Crippen LogP contribution < -0.4 is 0 Å². The maximum atomic E-state index is 9.10. The van der Waals surface area contributed by atoms with E-state index in [4.69, 9.17) is 9.84 Å². The van der Waals surface area contributed by atoms with Crippen LogP contribution >= 0.6 is 0 Å². The first-order valence-corrected chi connectivity index (χ1v) is 4.83. The first kappa shape index (κ1) is 11.9. The zero-order chi connectivity index (χ0) is 9.56. The molecule has 0 rings (SSSR count). The van der Waals surface area contributed by atoms with Gasteiger partial charge in [-0.1, -0.05) is 13.8 Å². The highest BCUT2D eigenvalue weighted by Gasteiger charge is 2.07. The molecule has 0 fully saturated rings. The van der Waals surface area contributed by atoms with Crippen LogP contribution in [0.1, 0.15) is 40.5 Å². The Labute approximate surface area is 75.9 Å². The number of rotatable bonds is 6. The van der Waals surface area contributed by atoms with Crippen LogP contribution in [-0.2, 0) is 4.74 Å². The van der Waals surface area contributed by atoms with Gasteiger partial charge in [-0.05, 0) is 32.6 Å². The number of hydrogen-bond donors (Lipinski definition) is 1. The quantitative estimate of drug-likeness (QED) is 0.626. The number of ether oxygens (including phenoxy) is 1. The summed E-state index contributed by atoms with van der Waals surface area (Å²) >= 11 is 0. The van der Waals surface area contributed by atoms with E-state index >= 15 is 0 Å². The van der Waals surface area contributed by atoms with Crippen molar-refractivity contribution in [1.82, 2.24) is 0 Å². The normalized spacial score (nSPS) is 16.5. The summed E-state index contributed by atoms with van der Waals surface area (Å²) in [5.41, 5.74) is 0. The zero-order valence-corrected chi connectivity index (χ0v) is 8.71. The Kier molecular flexibility index (Phi) is 6.39. The Morgan fingerprint density at radius 1 is 1.17 bits per heavy atom. The highest BCUT2D eigenvalue weighted by atomic mass is 16.5. The second-order valence-corrected chi connectivity index (χ2v) is 3.85. The molecule has 0 saturated carbocycles. The minimum atomic E-state index is -0.357. The highest BCUT2D eigenvalue weighted by Crippen LogP contribution is 2.05. The fourth-order valence-corrected chi connectivity index (χ4v) is 0.900. The number of aliphatic hydroxyl groups excluding tert-OH is 1. The van der Waals surface area contributed by atoms with E-state index < -0.39 is 0 Å². The second-order valence-electron chi connectivity index (χ2n) is 3.85. The van der Waals surface area contributed by atoms with E-state index in [2.05, 4.69) is 13.8 Å². The lowest BCUT2D eigenvalue weighted by Gasteiger charge is -2.15. The van der Waals surface area contributed by atoms with E-state index in [9.17, 15) is 0 Å². The Morgan fingerprint density at radius 2 is 1.75 bits per heavy atom. The van der Waals surface area contributed by atoms with E-state index in [-0.39, 0.29) is 12.2 Å². The van der Waals surface area contributed by atoms with Crippen LogP contribution in [0, 0.1) is 5.92 Å². The molecule has 74 valence electrons. The van der Waals surface area contributed by atoms with Crippen molar-refractivity contribution in [3.05, 3.63) is 0 Å². The molecule has 0 aliphatic rings. The van der Waals surface area contributed by atoms with Gasteiger partial charge in [-0.15, -0.1) is 0 Å². The molecule has 0 aliphatic heterocycles. The van der Waals surface area contributed by atoms with E-state index in [1.807, 2.05) is 6.92 Å². The minimum absolute atomic E-state index is 0.0304. The summed E-state index contributed by atoms with van der Waals surface area (Å²) in [7, 11) is 0. The zero-order valence-electron chi connectivity index (χ0n) is 8.71. The summed E-state index contributed by atoms with van der Waals surface area (Å²) < 4.78 is 5.40. The highest BCUT2D eigenvalue weighted by molar-refractivity contribution is 4.56. The van der Waals surface area contributed by atoms with Gasteiger partial charge in [0.05, 0.1) is 12.2 Å². The van der Waals surface area contributed by atoms with Crippen molar-refractivity contribution in [3.63, 3.8) is 0 Å². The molecular formula is C10H22O2. The molecule has 2 unspecified atom stereocenters. The van der Waals surface area contributed by atoms with E-state index in [0.29, 0.717) is 0 Å². The summed E-state index contributed by atoms with van der Waals surface area (Å²) in [6.45, 7) is 8.84. The standard InChI is InChI=1S/C10H22O2/c1-8(2)6-5-7-12-10(4)9(3)11/h8-11H,5-7H2,1-4H3. The van der Waals surface area contributed by atoms with Gasteiger partial charge in [0.1, 0.15) is 0 Å². The third kappa shape index (κ3) is 6.62. The summed E-state index contributed by atoms with van der Waals surface area (Å²) in [5.74, 6) is 0.746. The molecule has 2 heteroatoms. The summed E-state index contributed by atoms with van der Waals surface area (Å²) in [4.78, 5) is 0. The molecule has 0 amide bonds. The molecule has 1 N–H and O–H groups in total. The fraction of sp³-hybridized carbons (Fsp3) is 1.00. The van der Waals surface area contributed by atoms with Crippen molar-refractivity contribution >= 4 is 0 Å². The molecule has 0 aromatic heterocycles. The van der Waals surface area contributed by atoms with Crippen LogP contribution in [0.3, 0.4) is 0 Å². The van der Waals surface area contributed by atoms with Crippen LogP contribution in [0.5, 0.6) is 0 Å². The summed E-state index contributed by atoms with van der Waals surface area (Å²) in [5, 5.41) is 9.10. The van der Waals surface area contributed by atoms with Crippen LogP contribution in [0.2, 0.25) is 0 Å². The van der Waals surface area contributed by atoms with Gasteiger partial charge in [-0.25, -0.2) is 0 Å². The van der Waals surface area contributed by atoms with Crippen molar-refractivity contribution in [3.8, 4) is 0 Å². The first-order valence-electron chi connectivity index (χ1n) is 4.83. The van der Waals surface area contributed by atoms with Crippen molar-refractivity contribution in [2.45, 2.75) is 52.7 Å². The van der Waals surface area contributed by atoms with Gasteiger partial charge < -0.3 is 9.84 Å². The van der Waals surface area contributed by atoms with Gasteiger partial charge in [0, 0.05) is 6.61 Å². The van der Waals surface area contributed by atoms with Crippen molar-refractivity contribution in [2.75, 3.05) is 6.61 Å². The monoisotopic (exact) mass is 174 g/mol. The second kappa shape index (κ2) is 6.44. The van der Waals surface area contributed by atoms with Crippen LogP contribution in [0.25, 0.3) is 0 Å². The smallest absolute Gasteiger partial charge is 0.0803 e. The molecule has 0 spiro atoms. The van der Waals surface area contributed by atoms with Crippen LogP contribution in [0.15, 0.2) is 0 Å². The van der Waals surface area contributed by atoms with E-state index in [0.717, 1.165) is 18.9 Å². The molecule has 12 heavy (non-hydrogen) atoms. The van der Waals surface area contributed by atoms with Gasteiger partial charge in [0.2, 0.25) is 0 Å². The SMILES string of the molecule is CC(C)CCCOC(C)C(C)O. The number of hydrogen-bond acceptors (Lipinski definition) is 2. The molecule has 0 radical (unpaired) electrons. The van der Waals surface area contributed by atoms with Gasteiger partial charge in [-0.2, -0.15) is 0 Å². The molecule has 0 aliphatic carbocycles. The maximum absolute atomic E-state index is 9.10. The van der Waals surface area contributed by atoms with Gasteiger partial charge in [-0.3, -0.25) is 0 Å². The lowest BCUT2D eigenvalue weighted by molar-refractivity contribution is -0.0199. The third-order valence-electron chi connectivity index (χ3n) is 1.99. The average Bonchev–Trinajstić information content (AvgIpc) is 1.97. The Bertz CT molecular complexity index is 100. The summed E-state index contributed by atoms with van der Waals surface area (Å²) in [6, 6.07) is 0. The van der Waals surface area contributed by atoms with Gasteiger partial charge in [0.15, 0.2) is 0 Å². The molecule has 0 bridgehead atoms. The molecule has 2 nitrogen and oxygen atoms in total. The first-order chi connectivity index (χ1) is 5.54. The predicted molar refractivity (Wildman–Crippen MR) is 51.2 cm³/mol. The van der Waals surface area contributed by atoms with Crippen molar-refractivity contribution in [1.29, 1.82) is 0 Å². The molecule has 0 saturated heterocycles. The number of aliphatic hydroxyl groups is 1. The topological polar surface area (TPSA) is 29.5 Å². The lowest BCUT2D eigenvalue weighted by atomic mass is 10.1. The average molecular weight is 174 g/mol. The Morgan fingerprint density at radius 3 is 2.17 bits per heavy atom. The molecule has 0 aromatic rings. The molecule has 0 aromatic carbocycles. The minimum Gasteiger partial charge on any atom is -0.391 e. The maximum Gasteiger partial charge on any atom is 0.0803 e. The molecule has 2 atom stereocenters. The molecule has 0 heterocycles. The lowest BCUT2D eigenvalue weighted by Crippen LogP contribution is -2.23. The van der Waals surface area contributed by atoms with Crippen molar-refractivity contribution < 1.29 is 9.84 Å².